The van der Waals surface area contributed by atoms with E-state index >= 15 is 0 Å². The van der Waals surface area contributed by atoms with Crippen LogP contribution in [-0.4, -0.2) is 40.4 Å². The Labute approximate surface area is 164 Å². The van der Waals surface area contributed by atoms with Crippen LogP contribution in [-0.2, 0) is 4.33 Å². The van der Waals surface area contributed by atoms with Gasteiger partial charge in [0.15, 0.2) is 0 Å². The SMILES string of the molecule is Cc1cccc(-n2nnnc2C(Cl)(Cl)c2nnnn2-c2cccc(C)c2)c1. The minimum Gasteiger partial charge on any atom is -0.194 e. The van der Waals surface area contributed by atoms with Crippen LogP contribution in [0.3, 0.4) is 0 Å². The molecule has 0 aliphatic heterocycles. The molecule has 0 bridgehead atoms. The van der Waals surface area contributed by atoms with Crippen molar-refractivity contribution in [3.63, 3.8) is 0 Å². The van der Waals surface area contributed by atoms with E-state index in [-0.39, 0.29) is 11.6 Å². The lowest BCUT2D eigenvalue weighted by atomic mass is 10.2. The van der Waals surface area contributed by atoms with Crippen LogP contribution in [0.1, 0.15) is 22.8 Å². The third kappa shape index (κ3) is 3.17. The summed E-state index contributed by atoms with van der Waals surface area (Å²) in [6.45, 7) is 3.95. The molecular formula is C17H14Cl2N8. The molecular weight excluding hydrogens is 387 g/mol. The molecule has 4 rings (SSSR count). The van der Waals surface area contributed by atoms with Crippen LogP contribution in [0.5, 0.6) is 0 Å². The van der Waals surface area contributed by atoms with E-state index in [0.717, 1.165) is 22.5 Å². The van der Waals surface area contributed by atoms with Crippen LogP contribution in [0.15, 0.2) is 48.5 Å². The third-order valence-corrected chi connectivity index (χ3v) is 4.67. The van der Waals surface area contributed by atoms with Crippen molar-refractivity contribution in [3.05, 3.63) is 71.3 Å². The summed E-state index contributed by atoms with van der Waals surface area (Å²) in [6, 6.07) is 15.3. The second-order valence-corrected chi connectivity index (χ2v) is 7.41. The first-order valence-corrected chi connectivity index (χ1v) is 8.82. The van der Waals surface area contributed by atoms with E-state index in [4.69, 9.17) is 23.2 Å². The number of tetrazole rings is 2. The van der Waals surface area contributed by atoms with E-state index in [1.54, 1.807) is 0 Å². The number of hydrogen-bond acceptors (Lipinski definition) is 6. The van der Waals surface area contributed by atoms with Gasteiger partial charge in [-0.15, -0.1) is 10.2 Å². The normalized spacial score (nSPS) is 11.7. The van der Waals surface area contributed by atoms with Gasteiger partial charge in [-0.05, 0) is 70.1 Å². The van der Waals surface area contributed by atoms with Crippen molar-refractivity contribution < 1.29 is 0 Å². The van der Waals surface area contributed by atoms with Crippen molar-refractivity contribution >= 4 is 23.2 Å². The molecule has 0 amide bonds. The van der Waals surface area contributed by atoms with E-state index in [1.165, 1.54) is 9.36 Å². The van der Waals surface area contributed by atoms with Crippen molar-refractivity contribution in [3.8, 4) is 11.4 Å². The zero-order chi connectivity index (χ0) is 19.0. The van der Waals surface area contributed by atoms with Gasteiger partial charge in [0.2, 0.25) is 16.0 Å². The minimum atomic E-state index is -1.68. The van der Waals surface area contributed by atoms with E-state index in [2.05, 4.69) is 31.1 Å². The largest absolute Gasteiger partial charge is 0.240 e. The van der Waals surface area contributed by atoms with Crippen molar-refractivity contribution in [1.82, 2.24) is 40.4 Å². The van der Waals surface area contributed by atoms with Gasteiger partial charge in [-0.25, -0.2) is 0 Å². The zero-order valence-corrected chi connectivity index (χ0v) is 16.0. The first-order valence-electron chi connectivity index (χ1n) is 8.06. The molecule has 0 saturated carbocycles. The summed E-state index contributed by atoms with van der Waals surface area (Å²) < 4.78 is 1.27. The molecule has 0 radical (unpaired) electrons. The molecule has 0 aliphatic carbocycles. The number of aryl methyl sites for hydroxylation is 2. The fraction of sp³-hybridized carbons (Fsp3) is 0.176. The van der Waals surface area contributed by atoms with Gasteiger partial charge < -0.3 is 0 Å². The molecule has 136 valence electrons. The summed E-state index contributed by atoms with van der Waals surface area (Å²) in [6.07, 6.45) is 0. The lowest BCUT2D eigenvalue weighted by Gasteiger charge is -2.18. The maximum atomic E-state index is 6.70. The van der Waals surface area contributed by atoms with Crippen molar-refractivity contribution in [2.24, 2.45) is 0 Å². The van der Waals surface area contributed by atoms with Crippen molar-refractivity contribution in [2.75, 3.05) is 0 Å². The van der Waals surface area contributed by atoms with Crippen LogP contribution in [0, 0.1) is 13.8 Å². The lowest BCUT2D eigenvalue weighted by molar-refractivity contribution is 0.703. The summed E-state index contributed by atoms with van der Waals surface area (Å²) in [7, 11) is 0. The molecule has 0 spiro atoms. The van der Waals surface area contributed by atoms with E-state index < -0.39 is 4.33 Å². The Balaban J connectivity index is 1.83. The minimum absolute atomic E-state index is 0.195. The molecule has 27 heavy (non-hydrogen) atoms. The number of hydrogen-bond donors (Lipinski definition) is 0. The van der Waals surface area contributed by atoms with Crippen LogP contribution in [0.4, 0.5) is 0 Å². The molecule has 4 aromatic rings. The molecule has 0 saturated heterocycles. The first-order chi connectivity index (χ1) is 13.0. The second kappa shape index (κ2) is 6.71. The van der Waals surface area contributed by atoms with Gasteiger partial charge in [0, 0.05) is 0 Å². The topological polar surface area (TPSA) is 87.2 Å². The Hall–Kier alpha value is -2.84. The Bertz CT molecular complexity index is 1020. The van der Waals surface area contributed by atoms with Gasteiger partial charge in [-0.1, -0.05) is 47.5 Å². The van der Waals surface area contributed by atoms with Crippen molar-refractivity contribution in [2.45, 2.75) is 18.2 Å². The summed E-state index contributed by atoms with van der Waals surface area (Å²) in [4.78, 5) is 0. The highest BCUT2D eigenvalue weighted by molar-refractivity contribution is 6.49. The monoisotopic (exact) mass is 400 g/mol. The number of benzene rings is 2. The molecule has 8 nitrogen and oxygen atoms in total. The molecule has 2 heterocycles. The summed E-state index contributed by atoms with van der Waals surface area (Å²) in [5.41, 5.74) is 3.56. The Morgan fingerprint density at radius 3 is 1.59 bits per heavy atom. The maximum absolute atomic E-state index is 6.70. The molecule has 0 fully saturated rings. The van der Waals surface area contributed by atoms with E-state index in [1.807, 2.05) is 62.4 Å². The van der Waals surface area contributed by atoms with Crippen LogP contribution < -0.4 is 0 Å². The fourth-order valence-corrected chi connectivity index (χ4v) is 3.20. The van der Waals surface area contributed by atoms with Gasteiger partial charge in [0.25, 0.3) is 0 Å². The molecule has 2 aromatic heterocycles. The average Bonchev–Trinajstić information content (AvgIpc) is 3.32. The van der Waals surface area contributed by atoms with Crippen LogP contribution in [0.25, 0.3) is 11.4 Å². The Morgan fingerprint density at radius 1 is 0.741 bits per heavy atom. The standard InChI is InChI=1S/C17H14Cl2N8/c1-11-5-3-7-13(9-11)26-15(20-22-24-26)17(18,19)16-21-23-25-27(16)14-8-4-6-12(2)10-14/h3-10H,1-2H3. The van der Waals surface area contributed by atoms with Gasteiger partial charge in [0.05, 0.1) is 11.4 Å². The lowest BCUT2D eigenvalue weighted by Crippen LogP contribution is -2.24. The van der Waals surface area contributed by atoms with Crippen LogP contribution >= 0.6 is 23.2 Å². The average molecular weight is 401 g/mol. The highest BCUT2D eigenvalue weighted by Crippen LogP contribution is 2.39. The van der Waals surface area contributed by atoms with E-state index in [0.29, 0.717) is 0 Å². The first kappa shape index (κ1) is 17.6. The molecule has 10 heteroatoms. The van der Waals surface area contributed by atoms with E-state index in [9.17, 15) is 0 Å². The van der Waals surface area contributed by atoms with Gasteiger partial charge in [0.1, 0.15) is 0 Å². The highest BCUT2D eigenvalue weighted by Gasteiger charge is 2.41. The maximum Gasteiger partial charge on any atom is 0.240 e. The third-order valence-electron chi connectivity index (χ3n) is 3.99. The fourth-order valence-electron chi connectivity index (χ4n) is 2.73. The molecule has 0 atom stereocenters. The number of halogens is 2. The summed E-state index contributed by atoms with van der Waals surface area (Å²) in [5, 5.41) is 23.6. The number of alkyl halides is 2. The zero-order valence-electron chi connectivity index (χ0n) is 14.5. The summed E-state index contributed by atoms with van der Waals surface area (Å²) in [5.74, 6) is 0.389. The molecule has 0 N–H and O–H groups in total. The smallest absolute Gasteiger partial charge is 0.194 e. The summed E-state index contributed by atoms with van der Waals surface area (Å²) >= 11 is 13.4. The predicted octanol–water partition coefficient (Wildman–Crippen LogP) is 2.93. The van der Waals surface area contributed by atoms with Crippen molar-refractivity contribution in [1.29, 1.82) is 0 Å². The Kier molecular flexibility index (Phi) is 4.37. The molecule has 2 aromatic carbocycles. The van der Waals surface area contributed by atoms with Gasteiger partial charge in [-0.2, -0.15) is 9.36 Å². The highest BCUT2D eigenvalue weighted by atomic mass is 35.5. The molecule has 0 unspecified atom stereocenters. The quantitative estimate of drug-likeness (QED) is 0.489. The molecule has 0 aliphatic rings. The number of aromatic nitrogens is 8. The Morgan fingerprint density at radius 2 is 1.19 bits per heavy atom. The number of rotatable bonds is 4. The van der Waals surface area contributed by atoms with Crippen LogP contribution in [0.2, 0.25) is 0 Å². The number of nitrogens with zero attached hydrogens (tertiary/aromatic N) is 8. The second-order valence-electron chi connectivity index (χ2n) is 6.08. The van der Waals surface area contributed by atoms with Gasteiger partial charge in [-0.3, -0.25) is 0 Å². The predicted molar refractivity (Wildman–Crippen MR) is 100 cm³/mol. The van der Waals surface area contributed by atoms with Gasteiger partial charge >= 0.3 is 0 Å².